The molecule has 1 aliphatic heterocycles. The number of rotatable bonds is 6. The predicted octanol–water partition coefficient (Wildman–Crippen LogP) is 2.37. The Morgan fingerprint density at radius 2 is 2.33 bits per heavy atom. The molecule has 0 spiro atoms. The van der Waals surface area contributed by atoms with Crippen molar-refractivity contribution >= 4 is 11.3 Å². The quantitative estimate of drug-likeness (QED) is 0.822. The minimum Gasteiger partial charge on any atom is -0.383 e. The molecule has 3 heterocycles. The lowest BCUT2D eigenvalue weighted by molar-refractivity contribution is 0.177. The fraction of sp³-hybridized carbons (Fsp3) is 0.600. The van der Waals surface area contributed by atoms with Gasteiger partial charge in [0.1, 0.15) is 10.8 Å². The number of likely N-dealkylation sites (tertiary alicyclic amines) is 1. The van der Waals surface area contributed by atoms with Crippen LogP contribution in [0.3, 0.4) is 0 Å². The highest BCUT2D eigenvalue weighted by atomic mass is 32.1. The van der Waals surface area contributed by atoms with Crippen LogP contribution in [0.2, 0.25) is 0 Å². The van der Waals surface area contributed by atoms with Gasteiger partial charge in [-0.3, -0.25) is 4.90 Å². The SMILES string of the molecule is COCCn1ccnc1C1CCCN(Cc2nccs2)C1. The van der Waals surface area contributed by atoms with Gasteiger partial charge in [-0.25, -0.2) is 9.97 Å². The average molecular weight is 306 g/mol. The lowest BCUT2D eigenvalue weighted by Crippen LogP contribution is -2.35. The molecule has 0 bridgehead atoms. The zero-order valence-corrected chi connectivity index (χ0v) is 13.3. The molecule has 6 heteroatoms. The summed E-state index contributed by atoms with van der Waals surface area (Å²) in [5.41, 5.74) is 0. The number of imidazole rings is 1. The third-order valence-corrected chi connectivity index (χ3v) is 4.76. The van der Waals surface area contributed by atoms with Crippen LogP contribution in [0.25, 0.3) is 0 Å². The summed E-state index contributed by atoms with van der Waals surface area (Å²) in [6.07, 6.45) is 8.31. The van der Waals surface area contributed by atoms with Crippen LogP contribution in [-0.2, 0) is 17.8 Å². The molecule has 1 atom stereocenters. The molecule has 1 fully saturated rings. The van der Waals surface area contributed by atoms with Crippen LogP contribution in [0.4, 0.5) is 0 Å². The minimum absolute atomic E-state index is 0.519. The van der Waals surface area contributed by atoms with Crippen molar-refractivity contribution in [2.75, 3.05) is 26.8 Å². The molecule has 0 saturated carbocycles. The second kappa shape index (κ2) is 7.15. The third kappa shape index (κ3) is 3.70. The molecule has 0 aliphatic carbocycles. The highest BCUT2D eigenvalue weighted by Crippen LogP contribution is 2.27. The average Bonchev–Trinajstić information content (AvgIpc) is 3.16. The molecular weight excluding hydrogens is 284 g/mol. The molecule has 0 amide bonds. The van der Waals surface area contributed by atoms with Gasteiger partial charge in [0.2, 0.25) is 0 Å². The van der Waals surface area contributed by atoms with Crippen LogP contribution in [0.15, 0.2) is 24.0 Å². The molecule has 1 unspecified atom stereocenters. The summed E-state index contributed by atoms with van der Waals surface area (Å²) >= 11 is 1.74. The molecule has 0 aromatic carbocycles. The number of ether oxygens (including phenoxy) is 1. The largest absolute Gasteiger partial charge is 0.383 e. The number of piperidine rings is 1. The van der Waals surface area contributed by atoms with E-state index < -0.39 is 0 Å². The van der Waals surface area contributed by atoms with E-state index in [0.717, 1.165) is 32.8 Å². The van der Waals surface area contributed by atoms with Crippen molar-refractivity contribution in [1.82, 2.24) is 19.4 Å². The number of hydrogen-bond acceptors (Lipinski definition) is 5. The van der Waals surface area contributed by atoms with Crippen molar-refractivity contribution in [3.8, 4) is 0 Å². The van der Waals surface area contributed by atoms with Gasteiger partial charge < -0.3 is 9.30 Å². The molecule has 0 radical (unpaired) electrons. The van der Waals surface area contributed by atoms with E-state index in [4.69, 9.17) is 4.74 Å². The van der Waals surface area contributed by atoms with Crippen molar-refractivity contribution in [2.45, 2.75) is 31.8 Å². The first-order valence-corrected chi connectivity index (χ1v) is 8.35. The van der Waals surface area contributed by atoms with Crippen molar-refractivity contribution in [2.24, 2.45) is 0 Å². The van der Waals surface area contributed by atoms with Crippen LogP contribution in [0.1, 0.15) is 29.6 Å². The zero-order chi connectivity index (χ0) is 14.5. The van der Waals surface area contributed by atoms with E-state index in [0.29, 0.717) is 5.92 Å². The number of nitrogens with zero attached hydrogens (tertiary/aromatic N) is 4. The summed E-state index contributed by atoms with van der Waals surface area (Å²) in [5, 5.41) is 3.26. The number of hydrogen-bond donors (Lipinski definition) is 0. The van der Waals surface area contributed by atoms with E-state index >= 15 is 0 Å². The van der Waals surface area contributed by atoms with Gasteiger partial charge in [0.15, 0.2) is 0 Å². The van der Waals surface area contributed by atoms with E-state index in [2.05, 4.69) is 25.6 Å². The maximum Gasteiger partial charge on any atom is 0.113 e. The van der Waals surface area contributed by atoms with Gasteiger partial charge in [0, 0.05) is 50.1 Å². The van der Waals surface area contributed by atoms with Crippen LogP contribution >= 0.6 is 11.3 Å². The van der Waals surface area contributed by atoms with Gasteiger partial charge in [-0.15, -0.1) is 11.3 Å². The molecule has 2 aromatic heterocycles. The maximum absolute atomic E-state index is 5.18. The Balaban J connectivity index is 1.64. The van der Waals surface area contributed by atoms with Crippen LogP contribution in [0, 0.1) is 0 Å². The summed E-state index contributed by atoms with van der Waals surface area (Å²) in [6.45, 7) is 4.82. The van der Waals surface area contributed by atoms with Gasteiger partial charge in [-0.1, -0.05) is 0 Å². The lowest BCUT2D eigenvalue weighted by atomic mass is 9.97. The van der Waals surface area contributed by atoms with E-state index in [9.17, 15) is 0 Å². The number of aromatic nitrogens is 3. The molecule has 1 saturated heterocycles. The number of thiazole rings is 1. The fourth-order valence-corrected chi connectivity index (χ4v) is 3.65. The topological polar surface area (TPSA) is 43.2 Å². The van der Waals surface area contributed by atoms with Gasteiger partial charge in [-0.05, 0) is 19.4 Å². The van der Waals surface area contributed by atoms with Crippen LogP contribution in [-0.4, -0.2) is 46.2 Å². The predicted molar refractivity (Wildman–Crippen MR) is 83.5 cm³/mol. The van der Waals surface area contributed by atoms with Gasteiger partial charge in [0.25, 0.3) is 0 Å². The first-order chi connectivity index (χ1) is 10.4. The van der Waals surface area contributed by atoms with Gasteiger partial charge in [-0.2, -0.15) is 0 Å². The molecule has 1 aliphatic rings. The zero-order valence-electron chi connectivity index (χ0n) is 12.4. The third-order valence-electron chi connectivity index (χ3n) is 4.00. The Kier molecular flexibility index (Phi) is 5.00. The molecule has 21 heavy (non-hydrogen) atoms. The van der Waals surface area contributed by atoms with Crippen molar-refractivity contribution in [3.63, 3.8) is 0 Å². The molecule has 114 valence electrons. The Bertz CT molecular complexity index is 540. The van der Waals surface area contributed by atoms with Crippen molar-refractivity contribution in [3.05, 3.63) is 34.8 Å². The summed E-state index contributed by atoms with van der Waals surface area (Å²) in [5.74, 6) is 1.72. The van der Waals surface area contributed by atoms with E-state index in [-0.39, 0.29) is 0 Å². The Hall–Kier alpha value is -1.24. The molecule has 5 nitrogen and oxygen atoms in total. The summed E-state index contributed by atoms with van der Waals surface area (Å²) in [6, 6.07) is 0. The molecule has 2 aromatic rings. The normalized spacial score (nSPS) is 20.0. The number of methoxy groups -OCH3 is 1. The van der Waals surface area contributed by atoms with E-state index in [1.54, 1.807) is 18.4 Å². The Morgan fingerprint density at radius 1 is 1.38 bits per heavy atom. The van der Waals surface area contributed by atoms with Gasteiger partial charge in [0.05, 0.1) is 13.2 Å². The Labute approximate surface area is 129 Å². The lowest BCUT2D eigenvalue weighted by Gasteiger charge is -2.32. The summed E-state index contributed by atoms with van der Waals surface area (Å²) in [7, 11) is 1.74. The van der Waals surface area contributed by atoms with E-state index in [1.165, 1.54) is 23.7 Å². The highest BCUT2D eigenvalue weighted by Gasteiger charge is 2.24. The molecule has 3 rings (SSSR count). The smallest absolute Gasteiger partial charge is 0.113 e. The van der Waals surface area contributed by atoms with Crippen LogP contribution < -0.4 is 0 Å². The minimum atomic E-state index is 0.519. The summed E-state index contributed by atoms with van der Waals surface area (Å²) in [4.78, 5) is 11.5. The second-order valence-electron chi connectivity index (χ2n) is 5.47. The standard InChI is InChI=1S/C15H22N4OS/c1-20-9-8-19-7-4-17-15(19)13-3-2-6-18(11-13)12-14-16-5-10-21-14/h4-5,7,10,13H,2-3,6,8-9,11-12H2,1H3. The first kappa shape index (κ1) is 14.7. The molecule has 0 N–H and O–H groups in total. The van der Waals surface area contributed by atoms with Crippen molar-refractivity contribution in [1.29, 1.82) is 0 Å². The van der Waals surface area contributed by atoms with Gasteiger partial charge >= 0.3 is 0 Å². The first-order valence-electron chi connectivity index (χ1n) is 7.47. The van der Waals surface area contributed by atoms with Crippen molar-refractivity contribution < 1.29 is 4.74 Å². The summed E-state index contributed by atoms with van der Waals surface area (Å²) < 4.78 is 7.42. The Morgan fingerprint density at radius 3 is 3.14 bits per heavy atom. The van der Waals surface area contributed by atoms with Crippen LogP contribution in [0.5, 0.6) is 0 Å². The fourth-order valence-electron chi connectivity index (χ4n) is 2.99. The monoisotopic (exact) mass is 306 g/mol. The van der Waals surface area contributed by atoms with E-state index in [1.807, 2.05) is 17.8 Å². The molecular formula is C15H22N4OS. The highest BCUT2D eigenvalue weighted by molar-refractivity contribution is 7.09. The second-order valence-corrected chi connectivity index (χ2v) is 6.45. The maximum atomic E-state index is 5.18.